The number of benzene rings is 1. The molecule has 0 bridgehead atoms. The molecule has 0 atom stereocenters. The smallest absolute Gasteiger partial charge is 0.240 e. The molecule has 6 heteroatoms. The number of hydrogen-bond acceptors (Lipinski definition) is 4. The molecule has 1 saturated heterocycles. The Kier molecular flexibility index (Phi) is 4.44. The highest BCUT2D eigenvalue weighted by molar-refractivity contribution is 7.89. The third-order valence-electron chi connectivity index (χ3n) is 3.40. The molecule has 106 valence electrons. The largest absolute Gasteiger partial charge is 0.369 e. The summed E-state index contributed by atoms with van der Waals surface area (Å²) in [5.74, 6) is 0. The van der Waals surface area contributed by atoms with Gasteiger partial charge in [-0.15, -0.1) is 0 Å². The van der Waals surface area contributed by atoms with Crippen molar-refractivity contribution < 1.29 is 8.42 Å². The molecule has 0 saturated carbocycles. The predicted octanol–water partition coefficient (Wildman–Crippen LogP) is 0.783. The standard InChI is InChI=1S/C13H21N3O2S/c1-3-8-15-19(17,18)13-6-4-11(5-7-13)16(2)12-9-14-10-12/h4-7,12,14-15H,3,8-10H2,1-2H3. The summed E-state index contributed by atoms with van der Waals surface area (Å²) in [5, 5.41) is 3.22. The number of sulfonamides is 1. The zero-order valence-corrected chi connectivity index (χ0v) is 12.2. The van der Waals surface area contributed by atoms with Crippen molar-refractivity contribution in [3.63, 3.8) is 0 Å². The summed E-state index contributed by atoms with van der Waals surface area (Å²) in [6, 6.07) is 7.55. The van der Waals surface area contributed by atoms with Gasteiger partial charge in [-0.2, -0.15) is 0 Å². The van der Waals surface area contributed by atoms with E-state index in [0.717, 1.165) is 25.2 Å². The Balaban J connectivity index is 2.09. The molecule has 1 aliphatic rings. The van der Waals surface area contributed by atoms with E-state index >= 15 is 0 Å². The zero-order chi connectivity index (χ0) is 13.9. The van der Waals surface area contributed by atoms with Crippen LogP contribution >= 0.6 is 0 Å². The van der Waals surface area contributed by atoms with Crippen LogP contribution < -0.4 is 14.9 Å². The minimum atomic E-state index is -3.36. The fourth-order valence-electron chi connectivity index (χ4n) is 1.94. The van der Waals surface area contributed by atoms with Gasteiger partial charge >= 0.3 is 0 Å². The topological polar surface area (TPSA) is 61.4 Å². The minimum Gasteiger partial charge on any atom is -0.369 e. The Morgan fingerprint density at radius 1 is 1.32 bits per heavy atom. The number of nitrogens with one attached hydrogen (secondary N) is 2. The van der Waals surface area contributed by atoms with Crippen LogP contribution in [0.25, 0.3) is 0 Å². The maximum atomic E-state index is 11.9. The van der Waals surface area contributed by atoms with E-state index in [2.05, 4.69) is 14.9 Å². The summed E-state index contributed by atoms with van der Waals surface area (Å²) < 4.78 is 26.4. The normalized spacial score (nSPS) is 16.1. The van der Waals surface area contributed by atoms with Gasteiger partial charge < -0.3 is 10.2 Å². The number of hydrogen-bond donors (Lipinski definition) is 2. The second-order valence-corrected chi connectivity index (χ2v) is 6.58. The molecule has 0 unspecified atom stereocenters. The van der Waals surface area contributed by atoms with Crippen molar-refractivity contribution in [2.45, 2.75) is 24.3 Å². The Bertz CT molecular complexity index is 509. The molecule has 1 aliphatic heterocycles. The van der Waals surface area contributed by atoms with E-state index < -0.39 is 10.0 Å². The van der Waals surface area contributed by atoms with Crippen LogP contribution in [0.3, 0.4) is 0 Å². The number of rotatable bonds is 6. The van der Waals surface area contributed by atoms with E-state index in [1.807, 2.05) is 26.1 Å². The lowest BCUT2D eigenvalue weighted by atomic mass is 10.1. The summed E-state index contributed by atoms with van der Waals surface area (Å²) in [5.41, 5.74) is 1.04. The van der Waals surface area contributed by atoms with Gasteiger partial charge in [0, 0.05) is 32.4 Å². The van der Waals surface area contributed by atoms with Crippen LogP contribution in [0.15, 0.2) is 29.2 Å². The Labute approximate surface area is 115 Å². The zero-order valence-electron chi connectivity index (χ0n) is 11.4. The van der Waals surface area contributed by atoms with Crippen molar-refractivity contribution >= 4 is 15.7 Å². The van der Waals surface area contributed by atoms with Crippen molar-refractivity contribution in [3.8, 4) is 0 Å². The number of likely N-dealkylation sites (N-methyl/N-ethyl adjacent to an activating group) is 1. The van der Waals surface area contributed by atoms with Crippen LogP contribution in [0, 0.1) is 0 Å². The molecule has 19 heavy (non-hydrogen) atoms. The first-order chi connectivity index (χ1) is 9.04. The molecule has 1 heterocycles. The number of nitrogens with zero attached hydrogens (tertiary/aromatic N) is 1. The van der Waals surface area contributed by atoms with Crippen LogP contribution in [-0.4, -0.2) is 41.1 Å². The first-order valence-electron chi connectivity index (χ1n) is 6.58. The van der Waals surface area contributed by atoms with E-state index in [9.17, 15) is 8.42 Å². The highest BCUT2D eigenvalue weighted by atomic mass is 32.2. The summed E-state index contributed by atoms with van der Waals surface area (Å²) in [4.78, 5) is 2.50. The summed E-state index contributed by atoms with van der Waals surface area (Å²) in [7, 11) is -1.33. The quantitative estimate of drug-likeness (QED) is 0.810. The van der Waals surface area contributed by atoms with Crippen LogP contribution in [0.1, 0.15) is 13.3 Å². The van der Waals surface area contributed by atoms with Crippen molar-refractivity contribution in [1.29, 1.82) is 0 Å². The maximum absolute atomic E-state index is 11.9. The molecule has 0 aromatic heterocycles. The Hall–Kier alpha value is -1.11. The third-order valence-corrected chi connectivity index (χ3v) is 4.88. The van der Waals surface area contributed by atoms with Gasteiger partial charge in [-0.3, -0.25) is 0 Å². The van der Waals surface area contributed by atoms with Gasteiger partial charge in [-0.1, -0.05) is 6.92 Å². The minimum absolute atomic E-state index is 0.324. The number of anilines is 1. The van der Waals surface area contributed by atoms with Gasteiger partial charge in [-0.25, -0.2) is 13.1 Å². The fraction of sp³-hybridized carbons (Fsp3) is 0.538. The Morgan fingerprint density at radius 3 is 2.42 bits per heavy atom. The van der Waals surface area contributed by atoms with Crippen molar-refractivity contribution in [2.24, 2.45) is 0 Å². The average molecular weight is 283 g/mol. The van der Waals surface area contributed by atoms with Crippen molar-refractivity contribution in [1.82, 2.24) is 10.0 Å². The average Bonchev–Trinajstić information content (AvgIpc) is 2.34. The van der Waals surface area contributed by atoms with Crippen LogP contribution in [0.2, 0.25) is 0 Å². The van der Waals surface area contributed by atoms with Crippen LogP contribution in [0.5, 0.6) is 0 Å². The molecule has 1 aromatic carbocycles. The summed E-state index contributed by atoms with van der Waals surface area (Å²) >= 11 is 0. The molecule has 5 nitrogen and oxygen atoms in total. The molecule has 1 aromatic rings. The molecule has 1 fully saturated rings. The van der Waals surface area contributed by atoms with Gasteiger partial charge in [-0.05, 0) is 30.7 Å². The molecular weight excluding hydrogens is 262 g/mol. The van der Waals surface area contributed by atoms with E-state index in [4.69, 9.17) is 0 Å². The van der Waals surface area contributed by atoms with Crippen molar-refractivity contribution in [3.05, 3.63) is 24.3 Å². The van der Waals surface area contributed by atoms with Gasteiger partial charge in [0.25, 0.3) is 0 Å². The first kappa shape index (κ1) is 14.3. The van der Waals surface area contributed by atoms with Gasteiger partial charge in [0.05, 0.1) is 10.9 Å². The maximum Gasteiger partial charge on any atom is 0.240 e. The lowest BCUT2D eigenvalue weighted by molar-refractivity contribution is 0.428. The predicted molar refractivity (Wildman–Crippen MR) is 77.0 cm³/mol. The fourth-order valence-corrected chi connectivity index (χ4v) is 3.07. The van der Waals surface area contributed by atoms with E-state index in [1.165, 1.54) is 0 Å². The van der Waals surface area contributed by atoms with E-state index in [-0.39, 0.29) is 0 Å². The monoisotopic (exact) mass is 283 g/mol. The SMILES string of the molecule is CCCNS(=O)(=O)c1ccc(N(C)C2CNC2)cc1. The first-order valence-corrected chi connectivity index (χ1v) is 8.06. The second kappa shape index (κ2) is 5.90. The molecular formula is C13H21N3O2S. The van der Waals surface area contributed by atoms with Gasteiger partial charge in [0.1, 0.15) is 0 Å². The molecule has 2 rings (SSSR count). The second-order valence-electron chi connectivity index (χ2n) is 4.81. The lowest BCUT2D eigenvalue weighted by Crippen LogP contribution is -2.56. The third kappa shape index (κ3) is 3.26. The van der Waals surface area contributed by atoms with E-state index in [1.54, 1.807) is 12.1 Å². The van der Waals surface area contributed by atoms with Gasteiger partial charge in [0.2, 0.25) is 10.0 Å². The lowest BCUT2D eigenvalue weighted by Gasteiger charge is -2.37. The Morgan fingerprint density at radius 2 is 1.95 bits per heavy atom. The van der Waals surface area contributed by atoms with E-state index in [0.29, 0.717) is 17.5 Å². The molecule has 0 amide bonds. The highest BCUT2D eigenvalue weighted by Gasteiger charge is 2.22. The van der Waals surface area contributed by atoms with Crippen LogP contribution in [0.4, 0.5) is 5.69 Å². The van der Waals surface area contributed by atoms with Crippen molar-refractivity contribution in [2.75, 3.05) is 31.6 Å². The highest BCUT2D eigenvalue weighted by Crippen LogP contribution is 2.19. The summed E-state index contributed by atoms with van der Waals surface area (Å²) in [6.45, 7) is 4.37. The molecule has 2 N–H and O–H groups in total. The summed E-state index contributed by atoms with van der Waals surface area (Å²) in [6.07, 6.45) is 0.786. The molecule has 0 aliphatic carbocycles. The van der Waals surface area contributed by atoms with Crippen LogP contribution in [-0.2, 0) is 10.0 Å². The van der Waals surface area contributed by atoms with Gasteiger partial charge in [0.15, 0.2) is 0 Å². The molecule has 0 radical (unpaired) electrons. The molecule has 0 spiro atoms.